The molecule has 0 bridgehead atoms. The van der Waals surface area contributed by atoms with Gasteiger partial charge in [0.15, 0.2) is 0 Å². The first-order valence-corrected chi connectivity index (χ1v) is 11.1. The molecule has 1 aliphatic heterocycles. The maximum Gasteiger partial charge on any atom is 0.490 e. The number of carboxylic acids is 1. The maximum absolute atomic E-state index is 12.9. The van der Waals surface area contributed by atoms with E-state index in [1.807, 2.05) is 26.8 Å². The van der Waals surface area contributed by atoms with Gasteiger partial charge < -0.3 is 15.3 Å². The van der Waals surface area contributed by atoms with E-state index in [4.69, 9.17) is 9.90 Å². The van der Waals surface area contributed by atoms with E-state index in [0.29, 0.717) is 13.1 Å². The fourth-order valence-corrected chi connectivity index (χ4v) is 4.59. The summed E-state index contributed by atoms with van der Waals surface area (Å²) >= 11 is 0. The number of hydrogen-bond donors (Lipinski definition) is 2. The Balaban J connectivity index is 0.000000592. The van der Waals surface area contributed by atoms with Crippen LogP contribution in [0.25, 0.3) is 0 Å². The molecule has 31 heavy (non-hydrogen) atoms. The minimum absolute atomic E-state index is 0.0154. The molecule has 1 saturated heterocycles. The number of carbonyl (C=O) groups is 2. The van der Waals surface area contributed by atoms with E-state index >= 15 is 0 Å². The normalized spacial score (nSPS) is 14.9. The minimum Gasteiger partial charge on any atom is -0.475 e. The summed E-state index contributed by atoms with van der Waals surface area (Å²) in [5.41, 5.74) is 0.900. The van der Waals surface area contributed by atoms with Crippen molar-refractivity contribution in [1.82, 2.24) is 14.5 Å². The Morgan fingerprint density at radius 3 is 2.23 bits per heavy atom. The van der Waals surface area contributed by atoms with Gasteiger partial charge in [0.05, 0.1) is 4.90 Å². The number of benzene rings is 1. The molecule has 1 heterocycles. The van der Waals surface area contributed by atoms with Gasteiger partial charge in [0.1, 0.15) is 0 Å². The number of sulfonamides is 1. The van der Waals surface area contributed by atoms with Crippen LogP contribution in [0.2, 0.25) is 0 Å². The molecule has 12 heteroatoms. The number of rotatable bonds is 6. The van der Waals surface area contributed by atoms with Crippen LogP contribution in [-0.4, -0.2) is 79.5 Å². The molecule has 8 nitrogen and oxygen atoms in total. The molecule has 176 valence electrons. The van der Waals surface area contributed by atoms with Gasteiger partial charge in [-0.2, -0.15) is 17.5 Å². The van der Waals surface area contributed by atoms with Crippen molar-refractivity contribution in [2.24, 2.45) is 0 Å². The molecule has 1 fully saturated rings. The number of alkyl halides is 3. The Kier molecular flexibility index (Phi) is 9.91. The van der Waals surface area contributed by atoms with Crippen molar-refractivity contribution >= 4 is 21.9 Å². The average molecular weight is 468 g/mol. The lowest BCUT2D eigenvalue weighted by atomic mass is 10.2. The third kappa shape index (κ3) is 8.46. The molecule has 0 aromatic heterocycles. The summed E-state index contributed by atoms with van der Waals surface area (Å²) in [6.45, 7) is 8.70. The van der Waals surface area contributed by atoms with Gasteiger partial charge in [0, 0.05) is 45.2 Å². The fourth-order valence-electron chi connectivity index (χ4n) is 2.85. The molecule has 0 spiro atoms. The number of halogens is 3. The zero-order valence-electron chi connectivity index (χ0n) is 17.6. The van der Waals surface area contributed by atoms with Crippen molar-refractivity contribution in [1.29, 1.82) is 0 Å². The first-order chi connectivity index (χ1) is 14.3. The van der Waals surface area contributed by atoms with Crippen LogP contribution >= 0.6 is 0 Å². The number of carbonyl (C=O) groups excluding carboxylic acids is 1. The second-order valence-corrected chi connectivity index (χ2v) is 9.10. The number of nitrogens with zero attached hydrogens (tertiary/aromatic N) is 2. The molecule has 0 atom stereocenters. The van der Waals surface area contributed by atoms with E-state index in [-0.39, 0.29) is 29.8 Å². The number of aryl methyl sites for hydroxylation is 1. The van der Waals surface area contributed by atoms with Gasteiger partial charge in [-0.15, -0.1) is 0 Å². The molecule has 1 aromatic carbocycles. The number of nitrogens with one attached hydrogen (secondary N) is 1. The van der Waals surface area contributed by atoms with E-state index in [1.165, 1.54) is 4.31 Å². The molecule has 0 saturated carbocycles. The maximum atomic E-state index is 12.9. The molecule has 2 rings (SSSR count). The van der Waals surface area contributed by atoms with Crippen LogP contribution < -0.4 is 5.32 Å². The number of aliphatic carboxylic acids is 1. The molecule has 0 radical (unpaired) electrons. The Morgan fingerprint density at radius 2 is 1.77 bits per heavy atom. The second-order valence-electron chi connectivity index (χ2n) is 7.21. The molecule has 0 unspecified atom stereocenters. The van der Waals surface area contributed by atoms with Crippen LogP contribution in [0.4, 0.5) is 13.2 Å². The molecular weight excluding hydrogens is 439 g/mol. The molecule has 0 aliphatic carbocycles. The van der Waals surface area contributed by atoms with Crippen molar-refractivity contribution in [3.63, 3.8) is 0 Å². The Labute approximate surface area is 180 Å². The molecule has 1 aliphatic rings. The van der Waals surface area contributed by atoms with Crippen molar-refractivity contribution in [2.45, 2.75) is 44.3 Å². The molecule has 1 amide bonds. The van der Waals surface area contributed by atoms with E-state index in [9.17, 15) is 26.4 Å². The summed E-state index contributed by atoms with van der Waals surface area (Å²) in [6.07, 6.45) is -4.87. The summed E-state index contributed by atoms with van der Waals surface area (Å²) in [5.74, 6) is -2.74. The van der Waals surface area contributed by atoms with Gasteiger partial charge in [-0.05, 0) is 38.5 Å². The Hall–Kier alpha value is -2.18. The monoisotopic (exact) mass is 467 g/mol. The first-order valence-electron chi connectivity index (χ1n) is 9.64. The van der Waals surface area contributed by atoms with Crippen LogP contribution in [-0.2, 0) is 19.6 Å². The highest BCUT2D eigenvalue weighted by Gasteiger charge is 2.38. The zero-order valence-corrected chi connectivity index (χ0v) is 18.5. The van der Waals surface area contributed by atoms with E-state index < -0.39 is 22.2 Å². The third-order valence-corrected chi connectivity index (χ3v) is 6.50. The summed E-state index contributed by atoms with van der Waals surface area (Å²) in [7, 11) is -3.60. The van der Waals surface area contributed by atoms with Gasteiger partial charge in [-0.3, -0.25) is 4.79 Å². The smallest absolute Gasteiger partial charge is 0.475 e. The van der Waals surface area contributed by atoms with Crippen LogP contribution in [0.3, 0.4) is 0 Å². The lowest BCUT2D eigenvalue weighted by Gasteiger charge is -2.30. The standard InChI is InChI=1S/C17H27N3O3S.C2HF3O2/c1-14(2)20(10-7-17(21)19-11-8-18-9-12-19)24(22,23)16-6-4-5-15(3)13-16;3-2(4,5)1(6)7/h4-6,13-14,18H,7-12H2,1-3H3;(H,6,7). The summed E-state index contributed by atoms with van der Waals surface area (Å²) in [5, 5.41) is 10.3. The minimum atomic E-state index is -5.08. The van der Waals surface area contributed by atoms with E-state index in [2.05, 4.69) is 5.32 Å². The van der Waals surface area contributed by atoms with Crippen LogP contribution in [0.15, 0.2) is 29.2 Å². The second kappa shape index (κ2) is 11.4. The lowest BCUT2D eigenvalue weighted by Crippen LogP contribution is -2.47. The van der Waals surface area contributed by atoms with E-state index in [1.54, 1.807) is 23.1 Å². The zero-order chi connectivity index (χ0) is 23.8. The SMILES string of the molecule is Cc1cccc(S(=O)(=O)N(CCC(=O)N2CCNCC2)C(C)C)c1.O=C(O)C(F)(F)F. The molecular formula is C19H28F3N3O5S. The highest BCUT2D eigenvalue weighted by Crippen LogP contribution is 2.20. The topological polar surface area (TPSA) is 107 Å². The third-order valence-electron chi connectivity index (χ3n) is 4.43. The average Bonchev–Trinajstić information content (AvgIpc) is 2.68. The number of carboxylic acid groups (broad SMARTS) is 1. The van der Waals surface area contributed by atoms with Gasteiger partial charge in [-0.1, -0.05) is 12.1 Å². The summed E-state index contributed by atoms with van der Waals surface area (Å²) in [4.78, 5) is 23.3. The largest absolute Gasteiger partial charge is 0.490 e. The van der Waals surface area contributed by atoms with Gasteiger partial charge in [-0.25, -0.2) is 13.2 Å². The predicted molar refractivity (Wildman–Crippen MR) is 108 cm³/mol. The van der Waals surface area contributed by atoms with Crippen LogP contribution in [0.1, 0.15) is 25.8 Å². The fraction of sp³-hybridized carbons (Fsp3) is 0.579. The number of amides is 1. The Bertz CT molecular complexity index is 854. The predicted octanol–water partition coefficient (Wildman–Crippen LogP) is 1.85. The summed E-state index contributed by atoms with van der Waals surface area (Å²) in [6, 6.07) is 6.68. The quantitative estimate of drug-likeness (QED) is 0.661. The Morgan fingerprint density at radius 1 is 1.23 bits per heavy atom. The summed E-state index contributed by atoms with van der Waals surface area (Å²) < 4.78 is 59.0. The molecule has 2 N–H and O–H groups in total. The molecule has 1 aromatic rings. The van der Waals surface area contributed by atoms with Crippen LogP contribution in [0.5, 0.6) is 0 Å². The lowest BCUT2D eigenvalue weighted by molar-refractivity contribution is -0.192. The number of piperazine rings is 1. The first kappa shape index (κ1) is 26.9. The van der Waals surface area contributed by atoms with Gasteiger partial charge >= 0.3 is 12.1 Å². The van der Waals surface area contributed by atoms with Gasteiger partial charge in [0.25, 0.3) is 0 Å². The van der Waals surface area contributed by atoms with Crippen molar-refractivity contribution in [3.8, 4) is 0 Å². The number of hydrogen-bond acceptors (Lipinski definition) is 5. The van der Waals surface area contributed by atoms with E-state index in [0.717, 1.165) is 18.7 Å². The van der Waals surface area contributed by atoms with Gasteiger partial charge in [0.2, 0.25) is 15.9 Å². The highest BCUT2D eigenvalue weighted by molar-refractivity contribution is 7.89. The van der Waals surface area contributed by atoms with Crippen molar-refractivity contribution in [2.75, 3.05) is 32.7 Å². The van der Waals surface area contributed by atoms with Crippen molar-refractivity contribution in [3.05, 3.63) is 29.8 Å². The van der Waals surface area contributed by atoms with Crippen molar-refractivity contribution < 1.29 is 36.3 Å². The highest BCUT2D eigenvalue weighted by atomic mass is 32.2. The van der Waals surface area contributed by atoms with Crippen LogP contribution in [0, 0.1) is 6.92 Å².